The largest absolute Gasteiger partial charge is 0.353 e. The molecule has 4 heteroatoms. The summed E-state index contributed by atoms with van der Waals surface area (Å²) in [4.78, 5) is 15.4. The van der Waals surface area contributed by atoms with Crippen molar-refractivity contribution in [2.24, 2.45) is 5.92 Å². The van der Waals surface area contributed by atoms with Crippen molar-refractivity contribution in [3.05, 3.63) is 35.9 Å². The average molecular weight is 368 g/mol. The van der Waals surface area contributed by atoms with Gasteiger partial charge in [-0.05, 0) is 62.8 Å². The van der Waals surface area contributed by atoms with Crippen molar-refractivity contribution in [3.63, 3.8) is 0 Å². The van der Waals surface area contributed by atoms with Gasteiger partial charge in [-0.15, -0.1) is 0 Å². The quantitative estimate of drug-likeness (QED) is 0.840. The molecule has 1 aromatic rings. The van der Waals surface area contributed by atoms with Crippen molar-refractivity contribution in [3.8, 4) is 0 Å². The van der Waals surface area contributed by atoms with E-state index in [4.69, 9.17) is 0 Å². The minimum absolute atomic E-state index is 0.308. The predicted octanol–water partition coefficient (Wildman–Crippen LogP) is 3.22. The number of hydrogen-bond acceptors (Lipinski definition) is 3. The fourth-order valence-electron chi connectivity index (χ4n) is 6.33. The minimum atomic E-state index is 0.308. The van der Waals surface area contributed by atoms with E-state index in [2.05, 4.69) is 45.9 Å². The summed E-state index contributed by atoms with van der Waals surface area (Å²) in [5, 5.41) is 7.10. The number of benzene rings is 1. The highest BCUT2D eigenvalue weighted by Gasteiger charge is 2.41. The molecule has 146 valence electrons. The number of amides is 1. The summed E-state index contributed by atoms with van der Waals surface area (Å²) >= 11 is 0. The van der Waals surface area contributed by atoms with E-state index in [1.807, 2.05) is 0 Å². The highest BCUT2D eigenvalue weighted by molar-refractivity contribution is 5.76. The number of carbonyl (C=O) groups excluding carboxylic acids is 1. The van der Waals surface area contributed by atoms with Gasteiger partial charge in [-0.25, -0.2) is 0 Å². The van der Waals surface area contributed by atoms with Crippen LogP contribution in [-0.4, -0.2) is 41.0 Å². The van der Waals surface area contributed by atoms with Gasteiger partial charge in [0.1, 0.15) is 0 Å². The van der Waals surface area contributed by atoms with Crippen molar-refractivity contribution in [1.82, 2.24) is 15.5 Å². The van der Waals surface area contributed by atoms with E-state index in [9.17, 15) is 4.79 Å². The topological polar surface area (TPSA) is 44.4 Å². The molecule has 27 heavy (non-hydrogen) atoms. The maximum absolute atomic E-state index is 12.7. The molecule has 0 saturated carbocycles. The number of piperidine rings is 2. The lowest BCUT2D eigenvalue weighted by Crippen LogP contribution is -2.50. The number of fused-ring (bicyclic) bond motifs is 4. The van der Waals surface area contributed by atoms with Crippen molar-refractivity contribution >= 4 is 5.91 Å². The van der Waals surface area contributed by atoms with E-state index in [0.29, 0.717) is 42.0 Å². The highest BCUT2D eigenvalue weighted by Crippen LogP contribution is 2.37. The van der Waals surface area contributed by atoms with E-state index < -0.39 is 0 Å². The first-order chi connectivity index (χ1) is 13.2. The Morgan fingerprint density at radius 3 is 2.30 bits per heavy atom. The average Bonchev–Trinajstić information content (AvgIpc) is 3.10. The van der Waals surface area contributed by atoms with Gasteiger partial charge in [0.05, 0.1) is 0 Å². The first-order valence-electron chi connectivity index (χ1n) is 11.1. The first kappa shape index (κ1) is 17.7. The van der Waals surface area contributed by atoms with Crippen LogP contribution in [0.1, 0.15) is 63.4 Å². The number of nitrogens with zero attached hydrogens (tertiary/aromatic N) is 1. The molecule has 4 atom stereocenters. The molecule has 4 aliphatic heterocycles. The molecule has 1 aromatic carbocycles. The molecule has 0 spiro atoms. The van der Waals surface area contributed by atoms with E-state index >= 15 is 0 Å². The van der Waals surface area contributed by atoms with Crippen molar-refractivity contribution < 1.29 is 4.79 Å². The molecule has 0 aromatic heterocycles. The molecule has 4 saturated heterocycles. The lowest BCUT2D eigenvalue weighted by atomic mass is 9.89. The van der Waals surface area contributed by atoms with Crippen LogP contribution >= 0.6 is 0 Å². The van der Waals surface area contributed by atoms with Gasteiger partial charge in [0.2, 0.25) is 5.91 Å². The third-order valence-corrected chi connectivity index (χ3v) is 7.50. The van der Waals surface area contributed by atoms with Gasteiger partial charge in [0, 0.05) is 43.2 Å². The van der Waals surface area contributed by atoms with E-state index in [-0.39, 0.29) is 0 Å². The van der Waals surface area contributed by atoms with Gasteiger partial charge < -0.3 is 10.6 Å². The Hall–Kier alpha value is -1.39. The Bertz CT molecular complexity index is 637. The van der Waals surface area contributed by atoms with E-state index in [1.54, 1.807) is 0 Å². The molecule has 4 nitrogen and oxygen atoms in total. The zero-order chi connectivity index (χ0) is 18.2. The second kappa shape index (κ2) is 7.56. The summed E-state index contributed by atoms with van der Waals surface area (Å²) < 4.78 is 0. The van der Waals surface area contributed by atoms with Gasteiger partial charge in [-0.3, -0.25) is 9.69 Å². The molecular weight excluding hydrogens is 334 g/mol. The molecule has 0 aliphatic carbocycles. The van der Waals surface area contributed by atoms with Crippen LogP contribution in [0.15, 0.2) is 30.3 Å². The van der Waals surface area contributed by atoms with Crippen LogP contribution in [0.5, 0.6) is 0 Å². The van der Waals surface area contributed by atoms with Crippen LogP contribution in [0.25, 0.3) is 0 Å². The van der Waals surface area contributed by atoms with Crippen LogP contribution in [0.3, 0.4) is 0 Å². The Balaban J connectivity index is 1.13. The summed E-state index contributed by atoms with van der Waals surface area (Å²) in [7, 11) is 0. The molecular formula is C23H33N3O. The first-order valence-corrected chi connectivity index (χ1v) is 11.1. The molecule has 2 N–H and O–H groups in total. The number of rotatable bonds is 5. The smallest absolute Gasteiger partial charge is 0.220 e. The third kappa shape index (κ3) is 3.93. The van der Waals surface area contributed by atoms with Gasteiger partial charge >= 0.3 is 0 Å². The molecule has 4 heterocycles. The van der Waals surface area contributed by atoms with Gasteiger partial charge in [0.25, 0.3) is 0 Å². The molecule has 1 amide bonds. The zero-order valence-corrected chi connectivity index (χ0v) is 16.3. The predicted molar refractivity (Wildman–Crippen MR) is 107 cm³/mol. The van der Waals surface area contributed by atoms with Gasteiger partial charge in [-0.1, -0.05) is 30.3 Å². The zero-order valence-electron chi connectivity index (χ0n) is 16.3. The third-order valence-electron chi connectivity index (χ3n) is 7.50. The van der Waals surface area contributed by atoms with Gasteiger partial charge in [0.15, 0.2) is 0 Å². The van der Waals surface area contributed by atoms with Crippen molar-refractivity contribution in [2.45, 2.75) is 94.5 Å². The van der Waals surface area contributed by atoms with E-state index in [1.165, 1.54) is 44.1 Å². The highest BCUT2D eigenvalue weighted by atomic mass is 16.1. The maximum atomic E-state index is 12.7. The molecule has 0 radical (unpaired) electrons. The summed E-state index contributed by atoms with van der Waals surface area (Å²) in [6.45, 7) is 1.06. The van der Waals surface area contributed by atoms with Crippen LogP contribution in [0.4, 0.5) is 0 Å². The summed E-state index contributed by atoms with van der Waals surface area (Å²) in [5.41, 5.74) is 1.41. The SMILES string of the molecule is O=C(CC1CC2CCC(C1)N2)NC1CC2CCC(C1)N2Cc1ccccc1. The summed E-state index contributed by atoms with van der Waals surface area (Å²) in [5.74, 6) is 0.904. The Kier molecular flexibility index (Phi) is 4.95. The minimum Gasteiger partial charge on any atom is -0.353 e. The Morgan fingerprint density at radius 1 is 0.963 bits per heavy atom. The van der Waals surface area contributed by atoms with Crippen LogP contribution in [-0.2, 0) is 11.3 Å². The number of hydrogen-bond donors (Lipinski definition) is 2. The lowest BCUT2D eigenvalue weighted by Gasteiger charge is -2.39. The summed E-state index contributed by atoms with van der Waals surface area (Å²) in [6.07, 6.45) is 10.6. The molecule has 4 unspecified atom stereocenters. The van der Waals surface area contributed by atoms with E-state index in [0.717, 1.165) is 25.8 Å². The number of nitrogens with one attached hydrogen (secondary N) is 2. The fourth-order valence-corrected chi connectivity index (χ4v) is 6.33. The van der Waals surface area contributed by atoms with Crippen LogP contribution in [0, 0.1) is 5.92 Å². The summed E-state index contributed by atoms with van der Waals surface area (Å²) in [6, 6.07) is 13.9. The van der Waals surface area contributed by atoms with Crippen molar-refractivity contribution in [2.75, 3.05) is 0 Å². The van der Waals surface area contributed by atoms with Crippen LogP contribution < -0.4 is 10.6 Å². The monoisotopic (exact) mass is 367 g/mol. The second-order valence-corrected chi connectivity index (χ2v) is 9.46. The standard InChI is InChI=1S/C23H33N3O/c27-23(12-17-10-18-6-7-19(11-17)24-18)25-20-13-21-8-9-22(14-20)26(21)15-16-4-2-1-3-5-16/h1-5,17-22,24H,6-15H2,(H,25,27). The maximum Gasteiger partial charge on any atom is 0.220 e. The van der Waals surface area contributed by atoms with Crippen LogP contribution in [0.2, 0.25) is 0 Å². The molecule has 4 bridgehead atoms. The molecule has 4 fully saturated rings. The lowest BCUT2D eigenvalue weighted by molar-refractivity contribution is -0.123. The molecule has 5 rings (SSSR count). The van der Waals surface area contributed by atoms with Gasteiger partial charge in [-0.2, -0.15) is 0 Å². The Morgan fingerprint density at radius 2 is 1.63 bits per heavy atom. The van der Waals surface area contributed by atoms with Crippen molar-refractivity contribution in [1.29, 1.82) is 0 Å². The molecule has 4 aliphatic rings. The normalized spacial score (nSPS) is 38.1. The number of carbonyl (C=O) groups is 1. The second-order valence-electron chi connectivity index (χ2n) is 9.46. The fraction of sp³-hybridized carbons (Fsp3) is 0.696. The Labute approximate surface area is 163 Å².